The molecule has 0 aromatic heterocycles. The molecule has 2 N–H and O–H groups in total. The van der Waals surface area contributed by atoms with Crippen molar-refractivity contribution in [1.82, 2.24) is 10.2 Å². The molecule has 0 unspecified atom stereocenters. The van der Waals surface area contributed by atoms with E-state index in [1.54, 1.807) is 0 Å². The van der Waals surface area contributed by atoms with Crippen molar-refractivity contribution in [3.63, 3.8) is 0 Å². The summed E-state index contributed by atoms with van der Waals surface area (Å²) in [5.74, 6) is 0.190. The lowest BCUT2D eigenvalue weighted by molar-refractivity contribution is -0.129. The van der Waals surface area contributed by atoms with Crippen LogP contribution in [-0.2, 0) is 4.79 Å². The van der Waals surface area contributed by atoms with E-state index < -0.39 is 0 Å². The Morgan fingerprint density at radius 2 is 2.31 bits per heavy atom. The molecule has 1 rings (SSSR count). The van der Waals surface area contributed by atoms with E-state index in [4.69, 9.17) is 5.11 Å². The molecule has 1 heterocycles. The monoisotopic (exact) mass is 186 g/mol. The van der Waals surface area contributed by atoms with Crippen LogP contribution in [0.1, 0.15) is 19.3 Å². The number of carbonyl (C=O) groups is 1. The van der Waals surface area contributed by atoms with Crippen molar-refractivity contribution < 1.29 is 9.90 Å². The van der Waals surface area contributed by atoms with Crippen molar-refractivity contribution in [2.75, 3.05) is 32.8 Å². The molecule has 0 radical (unpaired) electrons. The highest BCUT2D eigenvalue weighted by Crippen LogP contribution is 1.99. The molecule has 0 bridgehead atoms. The van der Waals surface area contributed by atoms with Gasteiger partial charge < -0.3 is 15.3 Å². The van der Waals surface area contributed by atoms with Gasteiger partial charge in [0.2, 0.25) is 5.91 Å². The standard InChI is InChI=1S/C9H18N2O2/c12-7-2-1-5-11-6-3-4-10-8-9(11)13/h10,12H,1-8H2. The minimum Gasteiger partial charge on any atom is -0.396 e. The molecule has 0 aromatic carbocycles. The number of amides is 1. The lowest BCUT2D eigenvalue weighted by Gasteiger charge is -2.19. The molecule has 4 nitrogen and oxygen atoms in total. The Balaban J connectivity index is 2.24. The van der Waals surface area contributed by atoms with Crippen LogP contribution in [0.25, 0.3) is 0 Å². The SMILES string of the molecule is O=C1CNCCCN1CCCCO. The number of hydrogen-bond acceptors (Lipinski definition) is 3. The first-order valence-corrected chi connectivity index (χ1v) is 4.94. The van der Waals surface area contributed by atoms with E-state index in [2.05, 4.69) is 5.32 Å². The summed E-state index contributed by atoms with van der Waals surface area (Å²) < 4.78 is 0. The van der Waals surface area contributed by atoms with Crippen LogP contribution in [0.3, 0.4) is 0 Å². The number of aliphatic hydroxyl groups excluding tert-OH is 1. The number of carbonyl (C=O) groups excluding carboxylic acids is 1. The predicted molar refractivity (Wildman–Crippen MR) is 50.4 cm³/mol. The van der Waals surface area contributed by atoms with Crippen molar-refractivity contribution in [3.8, 4) is 0 Å². The third kappa shape index (κ3) is 3.74. The first-order chi connectivity index (χ1) is 6.34. The van der Waals surface area contributed by atoms with Crippen LogP contribution >= 0.6 is 0 Å². The van der Waals surface area contributed by atoms with Crippen LogP contribution in [0.4, 0.5) is 0 Å². The summed E-state index contributed by atoms with van der Waals surface area (Å²) in [4.78, 5) is 13.3. The van der Waals surface area contributed by atoms with Crippen molar-refractivity contribution in [2.24, 2.45) is 0 Å². The summed E-state index contributed by atoms with van der Waals surface area (Å²) in [6.45, 7) is 3.28. The molecule has 1 fully saturated rings. The van der Waals surface area contributed by atoms with Crippen molar-refractivity contribution in [3.05, 3.63) is 0 Å². The van der Waals surface area contributed by atoms with E-state index >= 15 is 0 Å². The van der Waals surface area contributed by atoms with Crippen LogP contribution in [0, 0.1) is 0 Å². The Labute approximate surface area is 78.9 Å². The highest BCUT2D eigenvalue weighted by Gasteiger charge is 2.14. The average molecular weight is 186 g/mol. The maximum absolute atomic E-state index is 11.4. The van der Waals surface area contributed by atoms with Gasteiger partial charge in [0.15, 0.2) is 0 Å². The third-order valence-electron chi connectivity index (χ3n) is 2.25. The van der Waals surface area contributed by atoms with Gasteiger partial charge in [0.1, 0.15) is 0 Å². The van der Waals surface area contributed by atoms with Crippen molar-refractivity contribution in [2.45, 2.75) is 19.3 Å². The maximum atomic E-state index is 11.4. The molecule has 1 saturated heterocycles. The number of rotatable bonds is 4. The molecule has 0 atom stereocenters. The highest BCUT2D eigenvalue weighted by atomic mass is 16.3. The third-order valence-corrected chi connectivity index (χ3v) is 2.25. The van der Waals surface area contributed by atoms with Gasteiger partial charge >= 0.3 is 0 Å². The summed E-state index contributed by atoms with van der Waals surface area (Å²) >= 11 is 0. The predicted octanol–water partition coefficient (Wildman–Crippen LogP) is -0.419. The zero-order valence-electron chi connectivity index (χ0n) is 7.96. The quantitative estimate of drug-likeness (QED) is 0.586. The molecule has 0 aliphatic carbocycles. The molecule has 4 heteroatoms. The van der Waals surface area contributed by atoms with E-state index in [9.17, 15) is 4.79 Å². The molecule has 1 amide bonds. The Morgan fingerprint density at radius 1 is 1.46 bits per heavy atom. The summed E-state index contributed by atoms with van der Waals surface area (Å²) in [5, 5.41) is 11.7. The molecule has 1 aliphatic heterocycles. The fourth-order valence-corrected chi connectivity index (χ4v) is 1.48. The molecule has 13 heavy (non-hydrogen) atoms. The van der Waals surface area contributed by atoms with Gasteiger partial charge in [-0.3, -0.25) is 4.79 Å². The van der Waals surface area contributed by atoms with Gasteiger partial charge in [-0.1, -0.05) is 0 Å². The molecular formula is C9H18N2O2. The van der Waals surface area contributed by atoms with Gasteiger partial charge in [-0.2, -0.15) is 0 Å². The van der Waals surface area contributed by atoms with Gasteiger partial charge in [-0.05, 0) is 25.8 Å². The van der Waals surface area contributed by atoms with E-state index in [-0.39, 0.29) is 12.5 Å². The molecule has 0 saturated carbocycles. The van der Waals surface area contributed by atoms with Gasteiger partial charge in [-0.25, -0.2) is 0 Å². The zero-order chi connectivity index (χ0) is 9.52. The Morgan fingerprint density at radius 3 is 3.08 bits per heavy atom. The Hall–Kier alpha value is -0.610. The number of hydrogen-bond donors (Lipinski definition) is 2. The molecule has 0 aromatic rings. The van der Waals surface area contributed by atoms with Gasteiger partial charge in [-0.15, -0.1) is 0 Å². The fourth-order valence-electron chi connectivity index (χ4n) is 1.48. The van der Waals surface area contributed by atoms with Crippen LogP contribution < -0.4 is 5.32 Å². The first kappa shape index (κ1) is 10.5. The topological polar surface area (TPSA) is 52.6 Å². The summed E-state index contributed by atoms with van der Waals surface area (Å²) in [5.41, 5.74) is 0. The summed E-state index contributed by atoms with van der Waals surface area (Å²) in [6.07, 6.45) is 2.73. The second kappa shape index (κ2) is 5.94. The minimum absolute atomic E-state index is 0.190. The van der Waals surface area contributed by atoms with E-state index in [1.165, 1.54) is 0 Å². The van der Waals surface area contributed by atoms with E-state index in [0.717, 1.165) is 38.9 Å². The number of nitrogens with one attached hydrogen (secondary N) is 1. The van der Waals surface area contributed by atoms with Gasteiger partial charge in [0.05, 0.1) is 6.54 Å². The lowest BCUT2D eigenvalue weighted by Crippen LogP contribution is -2.35. The van der Waals surface area contributed by atoms with E-state index in [1.807, 2.05) is 4.90 Å². The normalized spacial score (nSPS) is 18.8. The Kier molecular flexibility index (Phi) is 4.78. The zero-order valence-corrected chi connectivity index (χ0v) is 7.96. The number of aliphatic hydroxyl groups is 1. The molecule has 0 spiro atoms. The van der Waals surface area contributed by atoms with Crippen molar-refractivity contribution in [1.29, 1.82) is 0 Å². The maximum Gasteiger partial charge on any atom is 0.236 e. The van der Waals surface area contributed by atoms with Gasteiger partial charge in [0.25, 0.3) is 0 Å². The highest BCUT2D eigenvalue weighted by molar-refractivity contribution is 5.78. The fraction of sp³-hybridized carbons (Fsp3) is 0.889. The van der Waals surface area contributed by atoms with E-state index in [0.29, 0.717) is 6.54 Å². The second-order valence-electron chi connectivity index (χ2n) is 3.34. The smallest absolute Gasteiger partial charge is 0.236 e. The van der Waals surface area contributed by atoms with Crippen LogP contribution in [0.15, 0.2) is 0 Å². The minimum atomic E-state index is 0.190. The average Bonchev–Trinajstić information content (AvgIpc) is 2.32. The lowest BCUT2D eigenvalue weighted by atomic mass is 10.3. The van der Waals surface area contributed by atoms with Crippen LogP contribution in [-0.4, -0.2) is 48.7 Å². The first-order valence-electron chi connectivity index (χ1n) is 4.94. The van der Waals surface area contributed by atoms with Crippen LogP contribution in [0.5, 0.6) is 0 Å². The largest absolute Gasteiger partial charge is 0.396 e. The molecule has 1 aliphatic rings. The molecular weight excluding hydrogens is 168 g/mol. The van der Waals surface area contributed by atoms with Crippen LogP contribution in [0.2, 0.25) is 0 Å². The van der Waals surface area contributed by atoms with Gasteiger partial charge in [0, 0.05) is 19.7 Å². The second-order valence-corrected chi connectivity index (χ2v) is 3.34. The summed E-state index contributed by atoms with van der Waals surface area (Å²) in [6, 6.07) is 0. The number of nitrogens with zero attached hydrogens (tertiary/aromatic N) is 1. The Bertz CT molecular complexity index is 162. The number of unbranched alkanes of at least 4 members (excludes halogenated alkanes) is 1. The molecule has 76 valence electrons. The van der Waals surface area contributed by atoms with Crippen molar-refractivity contribution >= 4 is 5.91 Å². The summed E-state index contributed by atoms with van der Waals surface area (Å²) in [7, 11) is 0.